The zero-order valence-corrected chi connectivity index (χ0v) is 10.3. The van der Waals surface area contributed by atoms with Crippen molar-refractivity contribution in [2.45, 2.75) is 52.9 Å². The Hall–Kier alpha value is -0.790. The molecule has 0 aromatic carbocycles. The van der Waals surface area contributed by atoms with E-state index in [1.807, 2.05) is 6.92 Å². The van der Waals surface area contributed by atoms with Gasteiger partial charge in [0.15, 0.2) is 0 Å². The Balaban J connectivity index is 3.43. The summed E-state index contributed by atoms with van der Waals surface area (Å²) in [5, 5.41) is 0. The zero-order valence-electron chi connectivity index (χ0n) is 10.3. The van der Waals surface area contributed by atoms with Gasteiger partial charge in [0.25, 0.3) is 0 Å². The number of hydrogen-bond donors (Lipinski definition) is 0. The molecule has 0 N–H and O–H groups in total. The molecular weight excluding hydrogens is 188 g/mol. The highest BCUT2D eigenvalue weighted by atomic mass is 16.5. The summed E-state index contributed by atoms with van der Waals surface area (Å²) in [5.41, 5.74) is 0.612. The van der Waals surface area contributed by atoms with Gasteiger partial charge in [0.2, 0.25) is 0 Å². The second kappa shape index (κ2) is 8.51. The first-order valence-corrected chi connectivity index (χ1v) is 5.92. The lowest BCUT2D eigenvalue weighted by atomic mass is 10.0. The minimum atomic E-state index is -0.235. The first-order valence-electron chi connectivity index (χ1n) is 5.92. The Morgan fingerprint density at radius 3 is 2.47 bits per heavy atom. The predicted octanol–water partition coefficient (Wildman–Crippen LogP) is 3.71. The van der Waals surface area contributed by atoms with Gasteiger partial charge in [0, 0.05) is 5.57 Å². The van der Waals surface area contributed by atoms with Crippen LogP contribution in [0.15, 0.2) is 12.2 Å². The molecule has 2 nitrogen and oxygen atoms in total. The van der Waals surface area contributed by atoms with Crippen molar-refractivity contribution < 1.29 is 9.53 Å². The largest absolute Gasteiger partial charge is 0.463 e. The van der Waals surface area contributed by atoms with Gasteiger partial charge in [-0.1, -0.05) is 39.7 Å². The van der Waals surface area contributed by atoms with E-state index in [0.29, 0.717) is 12.2 Å². The van der Waals surface area contributed by atoms with Gasteiger partial charge >= 0.3 is 5.97 Å². The third-order valence-electron chi connectivity index (χ3n) is 2.32. The summed E-state index contributed by atoms with van der Waals surface area (Å²) in [6.07, 6.45) is 5.51. The molecule has 88 valence electrons. The van der Waals surface area contributed by atoms with E-state index >= 15 is 0 Å². The quantitative estimate of drug-likeness (QED) is 0.348. The summed E-state index contributed by atoms with van der Waals surface area (Å²) in [6.45, 7) is 10.4. The van der Waals surface area contributed by atoms with Gasteiger partial charge in [-0.3, -0.25) is 0 Å². The molecule has 0 aromatic heterocycles. The molecule has 0 aromatic rings. The first kappa shape index (κ1) is 14.2. The number of carbonyl (C=O) groups excluding carboxylic acids is 1. The van der Waals surface area contributed by atoms with Crippen molar-refractivity contribution in [1.29, 1.82) is 0 Å². The Labute approximate surface area is 93.7 Å². The molecule has 0 amide bonds. The number of unbranched alkanes of at least 4 members (excludes halogenated alkanes) is 2. The van der Waals surface area contributed by atoms with Gasteiger partial charge in [0.1, 0.15) is 0 Å². The normalized spacial score (nSPS) is 10.4. The van der Waals surface area contributed by atoms with E-state index in [4.69, 9.17) is 4.74 Å². The number of esters is 1. The lowest BCUT2D eigenvalue weighted by Gasteiger charge is -2.06. The Kier molecular flexibility index (Phi) is 8.06. The topological polar surface area (TPSA) is 26.3 Å². The van der Waals surface area contributed by atoms with Crippen LogP contribution in [0.3, 0.4) is 0 Å². The van der Waals surface area contributed by atoms with Crippen molar-refractivity contribution in [2.75, 3.05) is 6.61 Å². The van der Waals surface area contributed by atoms with Crippen LogP contribution in [-0.4, -0.2) is 12.6 Å². The Bertz CT molecular complexity index is 195. The molecule has 0 radical (unpaired) electrons. The first-order chi connectivity index (χ1) is 7.07. The van der Waals surface area contributed by atoms with Crippen LogP contribution < -0.4 is 0 Å². The Morgan fingerprint density at radius 1 is 1.27 bits per heavy atom. The SMILES string of the molecule is C=C(CCCCCC(C)C)C(=O)OCC. The lowest BCUT2D eigenvalue weighted by Crippen LogP contribution is -2.06. The van der Waals surface area contributed by atoms with Crippen LogP contribution in [0.4, 0.5) is 0 Å². The summed E-state index contributed by atoms with van der Waals surface area (Å²) < 4.78 is 4.86. The standard InChI is InChI=1S/C13H24O2/c1-5-15-13(14)12(4)10-8-6-7-9-11(2)3/h11H,4-10H2,1-3H3. The van der Waals surface area contributed by atoms with Crippen LogP contribution in [0.5, 0.6) is 0 Å². The van der Waals surface area contributed by atoms with Crippen LogP contribution in [0, 0.1) is 5.92 Å². The maximum absolute atomic E-state index is 11.2. The molecule has 0 bridgehead atoms. The van der Waals surface area contributed by atoms with E-state index in [1.54, 1.807) is 0 Å². The van der Waals surface area contributed by atoms with Crippen molar-refractivity contribution in [1.82, 2.24) is 0 Å². The summed E-state index contributed by atoms with van der Waals surface area (Å²) >= 11 is 0. The number of hydrogen-bond acceptors (Lipinski definition) is 2. The highest BCUT2D eigenvalue weighted by molar-refractivity contribution is 5.87. The van der Waals surface area contributed by atoms with Crippen LogP contribution in [0.1, 0.15) is 52.9 Å². The Morgan fingerprint density at radius 2 is 1.93 bits per heavy atom. The van der Waals surface area contributed by atoms with Crippen molar-refractivity contribution in [3.63, 3.8) is 0 Å². The zero-order chi connectivity index (χ0) is 11.7. The molecule has 2 heteroatoms. The van der Waals surface area contributed by atoms with E-state index in [-0.39, 0.29) is 5.97 Å². The average molecular weight is 212 g/mol. The maximum atomic E-state index is 11.2. The van der Waals surface area contributed by atoms with Gasteiger partial charge in [0.05, 0.1) is 6.61 Å². The van der Waals surface area contributed by atoms with E-state index in [0.717, 1.165) is 18.8 Å². The number of ether oxygens (including phenoxy) is 1. The third kappa shape index (κ3) is 8.22. The fourth-order valence-electron chi connectivity index (χ4n) is 1.40. The lowest BCUT2D eigenvalue weighted by molar-refractivity contribution is -0.138. The molecule has 0 aliphatic carbocycles. The molecule has 0 spiro atoms. The minimum absolute atomic E-state index is 0.235. The highest BCUT2D eigenvalue weighted by Gasteiger charge is 2.06. The molecule has 0 aliphatic heterocycles. The van der Waals surface area contributed by atoms with Gasteiger partial charge in [-0.2, -0.15) is 0 Å². The van der Waals surface area contributed by atoms with Crippen LogP contribution in [0.2, 0.25) is 0 Å². The molecule has 0 atom stereocenters. The van der Waals surface area contributed by atoms with Crippen LogP contribution >= 0.6 is 0 Å². The van der Waals surface area contributed by atoms with E-state index < -0.39 is 0 Å². The molecule has 15 heavy (non-hydrogen) atoms. The smallest absolute Gasteiger partial charge is 0.333 e. The van der Waals surface area contributed by atoms with Crippen LogP contribution in [-0.2, 0) is 9.53 Å². The van der Waals surface area contributed by atoms with E-state index in [9.17, 15) is 4.79 Å². The average Bonchev–Trinajstić information content (AvgIpc) is 2.16. The minimum Gasteiger partial charge on any atom is -0.463 e. The predicted molar refractivity (Wildman–Crippen MR) is 63.7 cm³/mol. The van der Waals surface area contributed by atoms with Gasteiger partial charge in [-0.25, -0.2) is 4.79 Å². The molecule has 0 rings (SSSR count). The molecule has 0 saturated carbocycles. The van der Waals surface area contributed by atoms with Gasteiger partial charge in [-0.05, 0) is 25.7 Å². The summed E-state index contributed by atoms with van der Waals surface area (Å²) in [6, 6.07) is 0. The van der Waals surface area contributed by atoms with E-state index in [1.165, 1.54) is 19.3 Å². The summed E-state index contributed by atoms with van der Waals surface area (Å²) in [4.78, 5) is 11.2. The van der Waals surface area contributed by atoms with Crippen LogP contribution in [0.25, 0.3) is 0 Å². The number of carbonyl (C=O) groups is 1. The maximum Gasteiger partial charge on any atom is 0.333 e. The van der Waals surface area contributed by atoms with Gasteiger partial charge in [-0.15, -0.1) is 0 Å². The molecule has 0 saturated heterocycles. The highest BCUT2D eigenvalue weighted by Crippen LogP contribution is 2.12. The summed E-state index contributed by atoms with van der Waals surface area (Å²) in [7, 11) is 0. The fourth-order valence-corrected chi connectivity index (χ4v) is 1.40. The second-order valence-corrected chi connectivity index (χ2v) is 4.32. The van der Waals surface area contributed by atoms with Gasteiger partial charge < -0.3 is 4.74 Å². The van der Waals surface area contributed by atoms with Crippen molar-refractivity contribution in [3.8, 4) is 0 Å². The second-order valence-electron chi connectivity index (χ2n) is 4.32. The molecule has 0 heterocycles. The fraction of sp³-hybridized carbons (Fsp3) is 0.769. The van der Waals surface area contributed by atoms with Crippen molar-refractivity contribution >= 4 is 5.97 Å². The molecule has 0 unspecified atom stereocenters. The summed E-state index contributed by atoms with van der Waals surface area (Å²) in [5.74, 6) is 0.541. The monoisotopic (exact) mass is 212 g/mol. The van der Waals surface area contributed by atoms with Crippen molar-refractivity contribution in [2.24, 2.45) is 5.92 Å². The van der Waals surface area contributed by atoms with Crippen molar-refractivity contribution in [3.05, 3.63) is 12.2 Å². The van der Waals surface area contributed by atoms with E-state index in [2.05, 4.69) is 20.4 Å². The molecule has 0 aliphatic rings. The third-order valence-corrected chi connectivity index (χ3v) is 2.32. The number of rotatable bonds is 8. The molecule has 0 fully saturated rings. The molecular formula is C13H24O2.